The van der Waals surface area contributed by atoms with Crippen LogP contribution in [-0.4, -0.2) is 72.9 Å². The van der Waals surface area contributed by atoms with E-state index in [1.807, 2.05) is 19.2 Å². The molecular formula is C22H30N4O4. The summed E-state index contributed by atoms with van der Waals surface area (Å²) < 4.78 is 16.1. The normalized spacial score (nSPS) is 18.2. The largest absolute Gasteiger partial charge is 0.497 e. The number of benzene rings is 1. The summed E-state index contributed by atoms with van der Waals surface area (Å²) >= 11 is 0. The predicted molar refractivity (Wildman–Crippen MR) is 110 cm³/mol. The van der Waals surface area contributed by atoms with Gasteiger partial charge < -0.3 is 18.9 Å². The fourth-order valence-corrected chi connectivity index (χ4v) is 4.05. The molecule has 1 amide bonds. The van der Waals surface area contributed by atoms with Gasteiger partial charge in [0.25, 0.3) is 0 Å². The number of hydrogen-bond donors (Lipinski definition) is 0. The minimum absolute atomic E-state index is 0.0788. The van der Waals surface area contributed by atoms with Crippen molar-refractivity contribution in [3.8, 4) is 5.75 Å². The van der Waals surface area contributed by atoms with Gasteiger partial charge in [-0.1, -0.05) is 17.3 Å². The van der Waals surface area contributed by atoms with E-state index in [9.17, 15) is 4.79 Å². The summed E-state index contributed by atoms with van der Waals surface area (Å²) in [4.78, 5) is 21.2. The average Bonchev–Trinajstić information content (AvgIpc) is 3.23. The first kappa shape index (κ1) is 20.8. The molecule has 8 nitrogen and oxygen atoms in total. The average molecular weight is 415 g/mol. The van der Waals surface area contributed by atoms with Gasteiger partial charge in [-0.2, -0.15) is 4.98 Å². The summed E-state index contributed by atoms with van der Waals surface area (Å²) in [6, 6.07) is 8.14. The van der Waals surface area contributed by atoms with Gasteiger partial charge in [-0.05, 0) is 30.5 Å². The van der Waals surface area contributed by atoms with Gasteiger partial charge in [-0.3, -0.25) is 9.69 Å². The van der Waals surface area contributed by atoms with Crippen LogP contribution in [0.2, 0.25) is 0 Å². The highest BCUT2D eigenvalue weighted by molar-refractivity contribution is 5.78. The minimum Gasteiger partial charge on any atom is -0.497 e. The number of likely N-dealkylation sites (N-methyl/N-ethyl adjacent to an activating group) is 1. The van der Waals surface area contributed by atoms with E-state index in [2.05, 4.69) is 27.2 Å². The Hall–Kier alpha value is -2.45. The zero-order valence-corrected chi connectivity index (χ0v) is 17.7. The predicted octanol–water partition coefficient (Wildman–Crippen LogP) is 2.11. The maximum atomic E-state index is 12.5. The second kappa shape index (κ2) is 9.57. The number of aromatic nitrogens is 2. The summed E-state index contributed by atoms with van der Waals surface area (Å²) in [6.07, 6.45) is 2.22. The summed E-state index contributed by atoms with van der Waals surface area (Å²) in [5.74, 6) is 2.79. The lowest BCUT2D eigenvalue weighted by molar-refractivity contribution is -0.137. The topological polar surface area (TPSA) is 80.9 Å². The van der Waals surface area contributed by atoms with Crippen LogP contribution in [0.15, 0.2) is 28.8 Å². The summed E-state index contributed by atoms with van der Waals surface area (Å²) in [6.45, 7) is 4.64. The Morgan fingerprint density at radius 1 is 1.30 bits per heavy atom. The van der Waals surface area contributed by atoms with E-state index in [1.54, 1.807) is 12.0 Å². The summed E-state index contributed by atoms with van der Waals surface area (Å²) in [5, 5.41) is 4.12. The van der Waals surface area contributed by atoms with E-state index in [1.165, 1.54) is 5.56 Å². The highest BCUT2D eigenvalue weighted by atomic mass is 16.5. The van der Waals surface area contributed by atoms with Crippen LogP contribution in [0.25, 0.3) is 0 Å². The van der Waals surface area contributed by atoms with Crippen LogP contribution >= 0.6 is 0 Å². The second-order valence-corrected chi connectivity index (χ2v) is 8.19. The van der Waals surface area contributed by atoms with Gasteiger partial charge >= 0.3 is 0 Å². The van der Waals surface area contributed by atoms with Crippen LogP contribution in [0.1, 0.15) is 36.0 Å². The van der Waals surface area contributed by atoms with Crippen molar-refractivity contribution in [2.45, 2.75) is 31.7 Å². The van der Waals surface area contributed by atoms with Gasteiger partial charge in [0.1, 0.15) is 5.75 Å². The number of rotatable bonds is 8. The maximum Gasteiger partial charge on any atom is 0.232 e. The number of likely N-dealkylation sites (tertiary alicyclic amines) is 1. The fraction of sp³-hybridized carbons (Fsp3) is 0.591. The lowest BCUT2D eigenvalue weighted by Gasteiger charge is -2.37. The molecule has 0 spiro atoms. The quantitative estimate of drug-likeness (QED) is 0.654. The SMILES string of the molecule is COc1cccc(CN2CC(c3nc(CCN(C)C(=O)C4CCOCC4)no3)C2)c1. The number of hydrogen-bond acceptors (Lipinski definition) is 7. The van der Waals surface area contributed by atoms with Gasteiger partial charge in [0.2, 0.25) is 11.8 Å². The number of carbonyl (C=O) groups excluding carboxylic acids is 1. The molecule has 3 heterocycles. The third-order valence-electron chi connectivity index (χ3n) is 5.95. The fourth-order valence-electron chi connectivity index (χ4n) is 4.05. The Kier molecular flexibility index (Phi) is 6.64. The van der Waals surface area contributed by atoms with Crippen molar-refractivity contribution in [1.82, 2.24) is 19.9 Å². The molecule has 162 valence electrons. The van der Waals surface area contributed by atoms with Crippen molar-refractivity contribution in [3.05, 3.63) is 41.5 Å². The Balaban J connectivity index is 1.21. The highest BCUT2D eigenvalue weighted by Crippen LogP contribution is 2.28. The number of amides is 1. The molecule has 1 aromatic heterocycles. The van der Waals surface area contributed by atoms with Crippen LogP contribution in [-0.2, 0) is 22.5 Å². The van der Waals surface area contributed by atoms with Gasteiger partial charge in [-0.25, -0.2) is 0 Å². The van der Waals surface area contributed by atoms with E-state index >= 15 is 0 Å². The standard InChI is InChI=1S/C22H30N4O4/c1-25(22(27)17-7-10-29-11-8-17)9-6-20-23-21(30-24-20)18-14-26(15-18)13-16-4-3-5-19(12-16)28-2/h3-5,12,17-18H,6-11,13-15H2,1-2H3. The van der Waals surface area contributed by atoms with Gasteiger partial charge in [-0.15, -0.1) is 0 Å². The van der Waals surface area contributed by atoms with Crippen molar-refractivity contribution in [3.63, 3.8) is 0 Å². The first-order valence-electron chi connectivity index (χ1n) is 10.6. The van der Waals surface area contributed by atoms with Crippen molar-refractivity contribution in [2.24, 2.45) is 5.92 Å². The van der Waals surface area contributed by atoms with E-state index < -0.39 is 0 Å². The van der Waals surface area contributed by atoms with E-state index in [-0.39, 0.29) is 17.7 Å². The molecule has 4 rings (SSSR count). The molecule has 0 atom stereocenters. The Morgan fingerprint density at radius 2 is 2.10 bits per heavy atom. The lowest BCUT2D eigenvalue weighted by atomic mass is 9.99. The van der Waals surface area contributed by atoms with Crippen molar-refractivity contribution < 1.29 is 18.8 Å². The third kappa shape index (κ3) is 4.99. The zero-order chi connectivity index (χ0) is 20.9. The molecule has 0 unspecified atom stereocenters. The van der Waals surface area contributed by atoms with E-state index in [0.29, 0.717) is 37.9 Å². The van der Waals surface area contributed by atoms with Crippen LogP contribution in [0.3, 0.4) is 0 Å². The highest BCUT2D eigenvalue weighted by Gasteiger charge is 2.32. The van der Waals surface area contributed by atoms with Crippen molar-refractivity contribution in [2.75, 3.05) is 47.0 Å². The first-order valence-corrected chi connectivity index (χ1v) is 10.6. The van der Waals surface area contributed by atoms with Gasteiger partial charge in [0, 0.05) is 58.8 Å². The van der Waals surface area contributed by atoms with E-state index in [4.69, 9.17) is 14.0 Å². The smallest absolute Gasteiger partial charge is 0.232 e. The maximum absolute atomic E-state index is 12.5. The molecule has 2 aromatic rings. The molecule has 2 fully saturated rings. The van der Waals surface area contributed by atoms with Gasteiger partial charge in [0.05, 0.1) is 13.0 Å². The third-order valence-corrected chi connectivity index (χ3v) is 5.95. The number of methoxy groups -OCH3 is 1. The molecule has 0 radical (unpaired) electrons. The van der Waals surface area contributed by atoms with Crippen LogP contribution in [0, 0.1) is 5.92 Å². The molecule has 0 aliphatic carbocycles. The minimum atomic E-state index is 0.0788. The van der Waals surface area contributed by atoms with Crippen LogP contribution in [0.4, 0.5) is 0 Å². The second-order valence-electron chi connectivity index (χ2n) is 8.19. The van der Waals surface area contributed by atoms with Crippen LogP contribution < -0.4 is 4.74 Å². The summed E-state index contributed by atoms with van der Waals surface area (Å²) in [5.41, 5.74) is 1.23. The first-order chi connectivity index (χ1) is 14.6. The monoisotopic (exact) mass is 414 g/mol. The lowest BCUT2D eigenvalue weighted by Crippen LogP contribution is -2.44. The molecule has 2 aliphatic rings. The van der Waals surface area contributed by atoms with Crippen LogP contribution in [0.5, 0.6) is 5.75 Å². The van der Waals surface area contributed by atoms with Gasteiger partial charge in [0.15, 0.2) is 5.82 Å². The number of nitrogens with zero attached hydrogens (tertiary/aromatic N) is 4. The molecule has 30 heavy (non-hydrogen) atoms. The van der Waals surface area contributed by atoms with E-state index in [0.717, 1.165) is 38.2 Å². The molecule has 1 aromatic carbocycles. The Labute approximate surface area is 177 Å². The molecular weight excluding hydrogens is 384 g/mol. The molecule has 2 saturated heterocycles. The zero-order valence-electron chi connectivity index (χ0n) is 17.7. The molecule has 8 heteroatoms. The number of carbonyl (C=O) groups is 1. The van der Waals surface area contributed by atoms with Crippen molar-refractivity contribution in [1.29, 1.82) is 0 Å². The Bertz CT molecular complexity index is 843. The molecule has 0 bridgehead atoms. The Morgan fingerprint density at radius 3 is 2.87 bits per heavy atom. The molecule has 0 saturated carbocycles. The number of ether oxygens (including phenoxy) is 2. The molecule has 0 N–H and O–H groups in total. The summed E-state index contributed by atoms with van der Waals surface area (Å²) in [7, 11) is 3.53. The molecule has 2 aliphatic heterocycles. The van der Waals surface area contributed by atoms with Crippen molar-refractivity contribution >= 4 is 5.91 Å².